The van der Waals surface area contributed by atoms with Crippen molar-refractivity contribution < 1.29 is 5.11 Å². The molecule has 6 heteroatoms. The number of hydrogen-bond donors (Lipinski definition) is 4. The van der Waals surface area contributed by atoms with E-state index in [2.05, 4.69) is 42.9 Å². The van der Waals surface area contributed by atoms with Crippen LogP contribution in [0.15, 0.2) is 42.4 Å². The number of nitrogens with two attached hydrogens (primary N) is 2. The lowest BCUT2D eigenvalue weighted by Gasteiger charge is -2.49. The van der Waals surface area contributed by atoms with Gasteiger partial charge in [-0.15, -0.1) is 0 Å². The van der Waals surface area contributed by atoms with Gasteiger partial charge in [-0.05, 0) is 89.1 Å². The summed E-state index contributed by atoms with van der Waals surface area (Å²) < 4.78 is 0. The van der Waals surface area contributed by atoms with Crippen LogP contribution in [0.1, 0.15) is 70.6 Å². The van der Waals surface area contributed by atoms with Gasteiger partial charge in [-0.2, -0.15) is 0 Å². The molecule has 0 unspecified atom stereocenters. The van der Waals surface area contributed by atoms with Crippen molar-refractivity contribution >= 4 is 16.5 Å². The molecule has 1 aliphatic heterocycles. The minimum Gasteiger partial charge on any atom is -0.507 e. The Labute approximate surface area is 191 Å². The highest BCUT2D eigenvalue weighted by Gasteiger charge is 2.39. The van der Waals surface area contributed by atoms with Gasteiger partial charge in [-0.25, -0.2) is 0 Å². The molecule has 32 heavy (non-hydrogen) atoms. The third-order valence-electron chi connectivity index (χ3n) is 6.74. The summed E-state index contributed by atoms with van der Waals surface area (Å²) in [4.78, 5) is 6.73. The van der Waals surface area contributed by atoms with Gasteiger partial charge in [0.25, 0.3) is 0 Å². The van der Waals surface area contributed by atoms with E-state index in [1.54, 1.807) is 12.1 Å². The second kappa shape index (κ2) is 8.00. The SMILES string of the molecule is CN(/C(N)=C/C=C(\N)c1cc2c(C3CC3)nccc2cc1O)C1CC(C)(C)NC(C)(C)C1. The standard InChI is InChI=1S/C26H37N5O/c1-25(2)14-18(15-26(3,4)30-25)31(5)23(28)9-8-21(27)20-13-19-17(12-22(20)32)10-11-29-24(19)16-6-7-16/h8-13,16,18,30,32H,6-7,14-15,27-28H2,1-5H3/b21-8-,23-9+. The topological polar surface area (TPSA) is 100 Å². The van der Waals surface area contributed by atoms with Crippen molar-refractivity contribution in [1.82, 2.24) is 15.2 Å². The summed E-state index contributed by atoms with van der Waals surface area (Å²) in [6.07, 6.45) is 9.79. The highest BCUT2D eigenvalue weighted by atomic mass is 16.3. The normalized spacial score (nSPS) is 21.7. The molecule has 0 amide bonds. The van der Waals surface area contributed by atoms with E-state index in [9.17, 15) is 5.11 Å². The summed E-state index contributed by atoms with van der Waals surface area (Å²) in [5.74, 6) is 1.34. The quantitative estimate of drug-likeness (QED) is 0.526. The Bertz CT molecular complexity index is 1070. The highest BCUT2D eigenvalue weighted by molar-refractivity contribution is 5.90. The molecule has 1 aromatic heterocycles. The second-order valence-electron chi connectivity index (χ2n) is 10.8. The van der Waals surface area contributed by atoms with E-state index < -0.39 is 0 Å². The number of phenols is 1. The predicted octanol–water partition coefficient (Wildman–Crippen LogP) is 4.16. The average Bonchev–Trinajstić information content (AvgIpc) is 3.53. The first kappa shape index (κ1) is 22.5. The third kappa shape index (κ3) is 4.70. The maximum Gasteiger partial charge on any atom is 0.125 e. The minimum atomic E-state index is 0.0417. The number of aromatic hydroxyl groups is 1. The number of aromatic nitrogens is 1. The Kier molecular flexibility index (Phi) is 5.61. The van der Waals surface area contributed by atoms with Crippen molar-refractivity contribution in [2.45, 2.75) is 76.4 Å². The molecule has 0 radical (unpaired) electrons. The molecule has 0 spiro atoms. The van der Waals surface area contributed by atoms with Crippen LogP contribution in [0.2, 0.25) is 0 Å². The summed E-state index contributed by atoms with van der Waals surface area (Å²) in [6.45, 7) is 8.94. The van der Waals surface area contributed by atoms with Crippen LogP contribution in [-0.4, -0.2) is 39.2 Å². The van der Waals surface area contributed by atoms with Gasteiger partial charge >= 0.3 is 0 Å². The third-order valence-corrected chi connectivity index (χ3v) is 6.74. The van der Waals surface area contributed by atoms with E-state index in [1.807, 2.05) is 31.5 Å². The van der Waals surface area contributed by atoms with E-state index in [0.29, 0.717) is 29.0 Å². The number of rotatable bonds is 5. The van der Waals surface area contributed by atoms with Gasteiger partial charge in [0.05, 0.1) is 11.5 Å². The molecule has 0 atom stereocenters. The van der Waals surface area contributed by atoms with Crippen molar-refractivity contribution in [3.05, 3.63) is 53.6 Å². The minimum absolute atomic E-state index is 0.0417. The van der Waals surface area contributed by atoms with Crippen LogP contribution in [0, 0.1) is 0 Å². The first-order valence-electron chi connectivity index (χ1n) is 11.5. The van der Waals surface area contributed by atoms with Gasteiger partial charge in [0.1, 0.15) is 5.75 Å². The Hall–Kier alpha value is -2.73. The molecule has 1 saturated carbocycles. The van der Waals surface area contributed by atoms with E-state index in [-0.39, 0.29) is 16.8 Å². The number of piperidine rings is 1. The lowest BCUT2D eigenvalue weighted by atomic mass is 9.79. The predicted molar refractivity (Wildman–Crippen MR) is 132 cm³/mol. The average molecular weight is 436 g/mol. The molecular formula is C26H37N5O. The number of nitrogens with zero attached hydrogens (tertiary/aromatic N) is 2. The van der Waals surface area contributed by atoms with E-state index in [1.165, 1.54) is 12.8 Å². The first-order chi connectivity index (χ1) is 15.0. The molecule has 2 heterocycles. The van der Waals surface area contributed by atoms with Crippen LogP contribution in [0.4, 0.5) is 0 Å². The monoisotopic (exact) mass is 435 g/mol. The van der Waals surface area contributed by atoms with Crippen LogP contribution in [0.5, 0.6) is 5.75 Å². The molecule has 2 aliphatic rings. The molecule has 2 aromatic rings. The Balaban J connectivity index is 1.59. The number of nitrogens with one attached hydrogen (secondary N) is 1. The fourth-order valence-electron chi connectivity index (χ4n) is 5.28. The maximum atomic E-state index is 10.6. The summed E-state index contributed by atoms with van der Waals surface area (Å²) in [5.41, 5.74) is 15.1. The van der Waals surface area contributed by atoms with Crippen LogP contribution in [0.25, 0.3) is 16.5 Å². The van der Waals surface area contributed by atoms with Gasteiger partial charge < -0.3 is 26.8 Å². The number of allylic oxidation sites excluding steroid dienone is 2. The lowest BCUT2D eigenvalue weighted by molar-refractivity contribution is 0.0981. The molecule has 6 nitrogen and oxygen atoms in total. The number of benzene rings is 1. The fraction of sp³-hybridized carbons (Fsp3) is 0.500. The summed E-state index contributed by atoms with van der Waals surface area (Å²) >= 11 is 0. The van der Waals surface area contributed by atoms with Crippen molar-refractivity contribution in [1.29, 1.82) is 0 Å². The molecule has 6 N–H and O–H groups in total. The second-order valence-corrected chi connectivity index (χ2v) is 10.8. The Morgan fingerprint density at radius 1 is 1.12 bits per heavy atom. The van der Waals surface area contributed by atoms with Crippen LogP contribution in [0.3, 0.4) is 0 Å². The summed E-state index contributed by atoms with van der Waals surface area (Å²) in [5, 5.41) is 16.4. The van der Waals surface area contributed by atoms with Crippen molar-refractivity contribution in [3.8, 4) is 5.75 Å². The van der Waals surface area contributed by atoms with Gasteiger partial charge in [-0.3, -0.25) is 4.98 Å². The Morgan fingerprint density at radius 2 is 1.78 bits per heavy atom. The van der Waals surface area contributed by atoms with Gasteiger partial charge in [0, 0.05) is 52.9 Å². The first-order valence-corrected chi connectivity index (χ1v) is 11.5. The van der Waals surface area contributed by atoms with Gasteiger partial charge in [-0.1, -0.05) is 0 Å². The fourth-order valence-corrected chi connectivity index (χ4v) is 5.28. The Morgan fingerprint density at radius 3 is 2.41 bits per heavy atom. The molecule has 4 rings (SSSR count). The molecule has 1 aliphatic carbocycles. The molecule has 2 fully saturated rings. The molecule has 1 saturated heterocycles. The zero-order valence-corrected chi connectivity index (χ0v) is 19.9. The van der Waals surface area contributed by atoms with Gasteiger partial charge in [0.2, 0.25) is 0 Å². The van der Waals surface area contributed by atoms with E-state index >= 15 is 0 Å². The van der Waals surface area contributed by atoms with Crippen molar-refractivity contribution in [2.24, 2.45) is 11.5 Å². The highest BCUT2D eigenvalue weighted by Crippen LogP contribution is 2.43. The molecule has 0 bridgehead atoms. The van der Waals surface area contributed by atoms with Crippen molar-refractivity contribution in [3.63, 3.8) is 0 Å². The van der Waals surface area contributed by atoms with Crippen LogP contribution >= 0.6 is 0 Å². The summed E-state index contributed by atoms with van der Waals surface area (Å²) in [6, 6.07) is 5.99. The zero-order valence-electron chi connectivity index (χ0n) is 19.9. The number of phenolic OH excluding ortho intramolecular Hbond substituents is 1. The number of hydrogen-bond acceptors (Lipinski definition) is 6. The van der Waals surface area contributed by atoms with E-state index in [0.717, 1.165) is 29.3 Å². The van der Waals surface area contributed by atoms with E-state index in [4.69, 9.17) is 11.5 Å². The molecule has 172 valence electrons. The zero-order chi connectivity index (χ0) is 23.3. The smallest absolute Gasteiger partial charge is 0.125 e. The maximum absolute atomic E-state index is 10.6. The van der Waals surface area contributed by atoms with Gasteiger partial charge in [0.15, 0.2) is 0 Å². The lowest BCUT2D eigenvalue weighted by Crippen LogP contribution is -2.61. The van der Waals surface area contributed by atoms with Crippen LogP contribution < -0.4 is 16.8 Å². The van der Waals surface area contributed by atoms with Crippen molar-refractivity contribution in [2.75, 3.05) is 7.05 Å². The number of pyridine rings is 1. The molecule has 1 aromatic carbocycles. The summed E-state index contributed by atoms with van der Waals surface area (Å²) in [7, 11) is 2.04. The molecular weight excluding hydrogens is 398 g/mol. The largest absolute Gasteiger partial charge is 0.507 e. The van der Waals surface area contributed by atoms with Crippen LogP contribution in [-0.2, 0) is 0 Å². The number of fused-ring (bicyclic) bond motifs is 1.